The molecule has 0 fully saturated rings. The molecule has 0 aromatic rings. The predicted molar refractivity (Wildman–Crippen MR) is 82.0 cm³/mol. The maximum Gasteiger partial charge on any atom is 0.0183 e. The van der Waals surface area contributed by atoms with E-state index in [1.165, 1.54) is 12.2 Å². The molecule has 0 aliphatic heterocycles. The van der Waals surface area contributed by atoms with Crippen LogP contribution in [0.15, 0.2) is 0 Å². The normalized spacial score (nSPS) is 17.5. The van der Waals surface area contributed by atoms with Crippen LogP contribution in [0.5, 0.6) is 0 Å². The highest BCUT2D eigenvalue weighted by Crippen LogP contribution is 2.16. The zero-order chi connectivity index (χ0) is 13.4. The molecule has 0 aliphatic carbocycles. The van der Waals surface area contributed by atoms with Crippen molar-refractivity contribution in [3.63, 3.8) is 0 Å². The van der Waals surface area contributed by atoms with E-state index in [9.17, 15) is 0 Å². The van der Waals surface area contributed by atoms with Crippen molar-refractivity contribution in [2.24, 2.45) is 5.92 Å². The molecule has 0 saturated heterocycles. The lowest BCUT2D eigenvalue weighted by Gasteiger charge is -2.36. The summed E-state index contributed by atoms with van der Waals surface area (Å²) in [6, 6.07) is 1.93. The number of hydrogen-bond donors (Lipinski definition) is 1. The molecule has 0 amide bonds. The van der Waals surface area contributed by atoms with Gasteiger partial charge in [0.1, 0.15) is 0 Å². The second kappa shape index (κ2) is 9.23. The van der Waals surface area contributed by atoms with Crippen LogP contribution >= 0.6 is 11.8 Å². The van der Waals surface area contributed by atoms with Crippen LogP contribution in [-0.2, 0) is 0 Å². The number of hydrogen-bond acceptors (Lipinski definition) is 3. The van der Waals surface area contributed by atoms with Gasteiger partial charge in [0.2, 0.25) is 0 Å². The summed E-state index contributed by atoms with van der Waals surface area (Å²) < 4.78 is 0. The Morgan fingerprint density at radius 1 is 1.18 bits per heavy atom. The van der Waals surface area contributed by atoms with Crippen LogP contribution in [0.2, 0.25) is 0 Å². The van der Waals surface area contributed by atoms with Gasteiger partial charge in [-0.1, -0.05) is 27.7 Å². The van der Waals surface area contributed by atoms with Gasteiger partial charge in [0.15, 0.2) is 0 Å². The maximum atomic E-state index is 3.54. The number of thioether (sulfide) groups is 1. The molecular formula is C14H32N2S. The van der Waals surface area contributed by atoms with Crippen molar-refractivity contribution in [3.8, 4) is 0 Å². The van der Waals surface area contributed by atoms with E-state index < -0.39 is 0 Å². The fourth-order valence-corrected chi connectivity index (χ4v) is 2.90. The maximum absolute atomic E-state index is 3.54. The number of rotatable bonds is 9. The van der Waals surface area contributed by atoms with Crippen molar-refractivity contribution in [2.45, 2.75) is 59.2 Å². The minimum Gasteiger partial charge on any atom is -0.314 e. The summed E-state index contributed by atoms with van der Waals surface area (Å²) in [4.78, 5) is 2.56. The van der Waals surface area contributed by atoms with Crippen LogP contribution < -0.4 is 5.32 Å². The molecule has 0 heterocycles. The van der Waals surface area contributed by atoms with E-state index in [-0.39, 0.29) is 0 Å². The van der Waals surface area contributed by atoms with Gasteiger partial charge < -0.3 is 5.32 Å². The summed E-state index contributed by atoms with van der Waals surface area (Å²) in [6.07, 6.45) is 3.44. The SMILES string of the molecule is CCC(CSC)N(C)C(C)C(C)CNC(C)C. The highest BCUT2D eigenvalue weighted by molar-refractivity contribution is 7.98. The van der Waals surface area contributed by atoms with Gasteiger partial charge in [-0.3, -0.25) is 4.90 Å². The molecule has 3 heteroatoms. The first kappa shape index (κ1) is 17.3. The van der Waals surface area contributed by atoms with E-state index in [4.69, 9.17) is 0 Å². The largest absolute Gasteiger partial charge is 0.314 e. The molecule has 3 unspecified atom stereocenters. The van der Waals surface area contributed by atoms with Crippen LogP contribution in [0, 0.1) is 5.92 Å². The fraction of sp³-hybridized carbons (Fsp3) is 1.00. The third-order valence-electron chi connectivity index (χ3n) is 3.72. The first-order chi connectivity index (χ1) is 7.93. The third-order valence-corrected chi connectivity index (χ3v) is 4.44. The van der Waals surface area contributed by atoms with Gasteiger partial charge in [-0.05, 0) is 39.1 Å². The fourth-order valence-electron chi connectivity index (χ4n) is 2.04. The molecule has 0 bridgehead atoms. The second-order valence-corrected chi connectivity index (χ2v) is 6.37. The molecule has 0 rings (SSSR count). The Morgan fingerprint density at radius 3 is 2.18 bits per heavy atom. The molecule has 104 valence electrons. The van der Waals surface area contributed by atoms with Gasteiger partial charge in [-0.25, -0.2) is 0 Å². The standard InChI is InChI=1S/C14H32N2S/c1-8-14(10-17-7)16(6)13(5)12(4)9-15-11(2)3/h11-15H,8-10H2,1-7H3. The van der Waals surface area contributed by atoms with Gasteiger partial charge >= 0.3 is 0 Å². The van der Waals surface area contributed by atoms with Crippen molar-refractivity contribution >= 4 is 11.8 Å². The highest BCUT2D eigenvalue weighted by atomic mass is 32.2. The van der Waals surface area contributed by atoms with Gasteiger partial charge in [0.25, 0.3) is 0 Å². The first-order valence-corrected chi connectivity index (χ1v) is 8.27. The Bertz CT molecular complexity index is 185. The quantitative estimate of drug-likeness (QED) is 0.686. The Labute approximate surface area is 113 Å². The van der Waals surface area contributed by atoms with Crippen molar-refractivity contribution in [1.82, 2.24) is 10.2 Å². The Hall–Kier alpha value is 0.270. The van der Waals surface area contributed by atoms with Gasteiger partial charge in [0.05, 0.1) is 0 Å². The summed E-state index contributed by atoms with van der Waals surface area (Å²) in [6.45, 7) is 12.5. The Kier molecular flexibility index (Phi) is 9.38. The van der Waals surface area contributed by atoms with Crippen molar-refractivity contribution in [3.05, 3.63) is 0 Å². The van der Waals surface area contributed by atoms with E-state index in [1.807, 2.05) is 11.8 Å². The molecule has 2 nitrogen and oxygen atoms in total. The van der Waals surface area contributed by atoms with E-state index >= 15 is 0 Å². The summed E-state index contributed by atoms with van der Waals surface area (Å²) in [5.41, 5.74) is 0. The number of nitrogens with one attached hydrogen (secondary N) is 1. The van der Waals surface area contributed by atoms with Crippen LogP contribution in [0.1, 0.15) is 41.0 Å². The zero-order valence-corrected chi connectivity index (χ0v) is 13.6. The zero-order valence-electron chi connectivity index (χ0n) is 12.8. The van der Waals surface area contributed by atoms with Crippen molar-refractivity contribution in [2.75, 3.05) is 25.6 Å². The summed E-state index contributed by atoms with van der Waals surface area (Å²) >= 11 is 1.95. The topological polar surface area (TPSA) is 15.3 Å². The van der Waals surface area contributed by atoms with Gasteiger partial charge in [0, 0.05) is 23.9 Å². The molecule has 0 saturated carbocycles. The van der Waals surface area contributed by atoms with Crippen LogP contribution in [0.3, 0.4) is 0 Å². The average Bonchev–Trinajstić information content (AvgIpc) is 2.31. The molecule has 3 atom stereocenters. The predicted octanol–water partition coefficient (Wildman–Crippen LogP) is 3.08. The van der Waals surface area contributed by atoms with Crippen LogP contribution in [0.25, 0.3) is 0 Å². The Morgan fingerprint density at radius 2 is 1.76 bits per heavy atom. The number of nitrogens with zero attached hydrogens (tertiary/aromatic N) is 1. The van der Waals surface area contributed by atoms with Gasteiger partial charge in [-0.2, -0.15) is 11.8 Å². The monoisotopic (exact) mass is 260 g/mol. The highest BCUT2D eigenvalue weighted by Gasteiger charge is 2.22. The minimum atomic E-state index is 0.586. The van der Waals surface area contributed by atoms with E-state index in [0.717, 1.165) is 6.54 Å². The lowest BCUT2D eigenvalue weighted by atomic mass is 10.00. The van der Waals surface area contributed by atoms with E-state index in [1.54, 1.807) is 0 Å². The van der Waals surface area contributed by atoms with Crippen LogP contribution in [-0.4, -0.2) is 48.6 Å². The first-order valence-electron chi connectivity index (χ1n) is 6.88. The average molecular weight is 260 g/mol. The second-order valence-electron chi connectivity index (χ2n) is 5.46. The lowest BCUT2D eigenvalue weighted by Crippen LogP contribution is -2.46. The van der Waals surface area contributed by atoms with E-state index in [2.05, 4.69) is 58.1 Å². The van der Waals surface area contributed by atoms with E-state index in [0.29, 0.717) is 24.0 Å². The molecule has 0 spiro atoms. The summed E-state index contributed by atoms with van der Waals surface area (Å²) in [7, 11) is 2.28. The molecular weight excluding hydrogens is 228 g/mol. The third kappa shape index (κ3) is 6.68. The lowest BCUT2D eigenvalue weighted by molar-refractivity contribution is 0.148. The molecule has 0 aromatic carbocycles. The van der Waals surface area contributed by atoms with Gasteiger partial charge in [-0.15, -0.1) is 0 Å². The van der Waals surface area contributed by atoms with Crippen molar-refractivity contribution in [1.29, 1.82) is 0 Å². The molecule has 0 aliphatic rings. The molecule has 0 aromatic heterocycles. The minimum absolute atomic E-state index is 0.586. The summed E-state index contributed by atoms with van der Waals surface area (Å²) in [5, 5.41) is 3.54. The molecule has 1 N–H and O–H groups in total. The van der Waals surface area contributed by atoms with Crippen LogP contribution in [0.4, 0.5) is 0 Å². The Balaban J connectivity index is 4.20. The van der Waals surface area contributed by atoms with Crippen molar-refractivity contribution < 1.29 is 0 Å². The molecule has 17 heavy (non-hydrogen) atoms. The molecule has 0 radical (unpaired) electrons. The summed E-state index contributed by atoms with van der Waals surface area (Å²) in [5.74, 6) is 1.93. The smallest absolute Gasteiger partial charge is 0.0183 e.